The summed E-state index contributed by atoms with van der Waals surface area (Å²) in [6.07, 6.45) is 0. The Balaban J connectivity index is 1.80. The van der Waals surface area contributed by atoms with Crippen molar-refractivity contribution in [2.45, 2.75) is 24.8 Å². The smallest absolute Gasteiger partial charge is 0.313 e. The molecule has 0 N–H and O–H groups in total. The van der Waals surface area contributed by atoms with E-state index in [1.807, 2.05) is 0 Å². The zero-order chi connectivity index (χ0) is 18.4. The van der Waals surface area contributed by atoms with Gasteiger partial charge in [0.1, 0.15) is 22.6 Å². The maximum atomic E-state index is 14.7. The predicted molar refractivity (Wildman–Crippen MR) is 93.3 cm³/mol. The van der Waals surface area contributed by atoms with Crippen molar-refractivity contribution < 1.29 is 18.3 Å². The maximum Gasteiger partial charge on any atom is 0.313 e. The topological polar surface area (TPSA) is 26.3 Å². The van der Waals surface area contributed by atoms with Gasteiger partial charge in [-0.3, -0.25) is 4.79 Å². The van der Waals surface area contributed by atoms with Crippen LogP contribution >= 0.6 is 23.2 Å². The van der Waals surface area contributed by atoms with Crippen LogP contribution in [0.25, 0.3) is 11.1 Å². The van der Waals surface area contributed by atoms with Crippen LogP contribution in [0.1, 0.15) is 19.4 Å². The summed E-state index contributed by atoms with van der Waals surface area (Å²) < 4.78 is 32.8. The number of esters is 1. The minimum absolute atomic E-state index is 0.0850. The molecule has 0 spiro atoms. The summed E-state index contributed by atoms with van der Waals surface area (Å²) in [6.45, 7) is 3.19. The zero-order valence-corrected chi connectivity index (χ0v) is 15.2. The molecule has 0 amide bonds. The summed E-state index contributed by atoms with van der Waals surface area (Å²) in [4.78, 5) is 12.2. The highest BCUT2D eigenvalue weighted by Gasteiger charge is 2.74. The molecule has 2 aromatic rings. The highest BCUT2D eigenvalue weighted by atomic mass is 35.5. The molecule has 25 heavy (non-hydrogen) atoms. The number of alkyl halides is 2. The molecule has 0 aromatic heterocycles. The Morgan fingerprint density at radius 3 is 2.28 bits per heavy atom. The highest BCUT2D eigenvalue weighted by molar-refractivity contribution is 6.53. The Labute approximate surface area is 154 Å². The van der Waals surface area contributed by atoms with Crippen molar-refractivity contribution in [3.63, 3.8) is 0 Å². The van der Waals surface area contributed by atoms with E-state index in [1.165, 1.54) is 6.07 Å². The Bertz CT molecular complexity index is 806. The summed E-state index contributed by atoms with van der Waals surface area (Å²) in [5, 5.41) is 0. The van der Waals surface area contributed by atoms with Crippen molar-refractivity contribution in [2.75, 3.05) is 0 Å². The number of carbonyl (C=O) groups excluding carboxylic acids is 1. The fourth-order valence-electron chi connectivity index (χ4n) is 2.91. The van der Waals surface area contributed by atoms with Gasteiger partial charge >= 0.3 is 5.97 Å². The number of hydrogen-bond acceptors (Lipinski definition) is 2. The summed E-state index contributed by atoms with van der Waals surface area (Å²) in [6, 6.07) is 10.8. The summed E-state index contributed by atoms with van der Waals surface area (Å²) in [5.41, 5.74) is -0.259. The van der Waals surface area contributed by atoms with E-state index in [2.05, 4.69) is 0 Å². The third kappa shape index (κ3) is 3.02. The molecule has 6 heteroatoms. The van der Waals surface area contributed by atoms with Crippen LogP contribution < -0.4 is 0 Å². The first-order chi connectivity index (χ1) is 11.7. The van der Waals surface area contributed by atoms with Crippen molar-refractivity contribution in [1.82, 2.24) is 0 Å². The Kier molecular flexibility index (Phi) is 4.54. The average molecular weight is 385 g/mol. The molecule has 0 bridgehead atoms. The molecule has 0 radical (unpaired) electrons. The van der Waals surface area contributed by atoms with Gasteiger partial charge in [0.25, 0.3) is 0 Å². The lowest BCUT2D eigenvalue weighted by Crippen LogP contribution is -2.12. The number of ether oxygens (including phenoxy) is 1. The first kappa shape index (κ1) is 18.2. The highest BCUT2D eigenvalue weighted by Crippen LogP contribution is 2.69. The SMILES string of the molecule is CC1(C)C(C(=O)OCc2ccc(F)c(-c3ccccc3)c2F)C1(Cl)Cl. The second-order valence-electron chi connectivity index (χ2n) is 6.65. The van der Waals surface area contributed by atoms with Crippen LogP contribution in [0.5, 0.6) is 0 Å². The molecule has 2 nitrogen and oxygen atoms in total. The molecule has 1 aliphatic carbocycles. The summed E-state index contributed by atoms with van der Waals surface area (Å²) in [7, 11) is 0. The summed E-state index contributed by atoms with van der Waals surface area (Å²) >= 11 is 12.1. The quantitative estimate of drug-likeness (QED) is 0.513. The van der Waals surface area contributed by atoms with Gasteiger partial charge in [-0.05, 0) is 17.7 Å². The Hall–Kier alpha value is -1.65. The molecule has 0 saturated heterocycles. The number of benzene rings is 2. The minimum Gasteiger partial charge on any atom is -0.460 e. The van der Waals surface area contributed by atoms with E-state index in [1.54, 1.807) is 44.2 Å². The van der Waals surface area contributed by atoms with E-state index < -0.39 is 33.3 Å². The van der Waals surface area contributed by atoms with E-state index in [9.17, 15) is 13.6 Å². The average Bonchev–Trinajstić information content (AvgIpc) is 2.97. The van der Waals surface area contributed by atoms with Crippen LogP contribution in [0.3, 0.4) is 0 Å². The van der Waals surface area contributed by atoms with E-state index >= 15 is 0 Å². The molecule has 1 aliphatic rings. The first-order valence-electron chi connectivity index (χ1n) is 7.74. The molecule has 1 fully saturated rings. The molecular weight excluding hydrogens is 369 g/mol. The molecule has 2 aromatic carbocycles. The molecule has 1 unspecified atom stereocenters. The largest absolute Gasteiger partial charge is 0.460 e. The van der Waals surface area contributed by atoms with Gasteiger partial charge in [-0.25, -0.2) is 8.78 Å². The standard InChI is InChI=1S/C19H16Cl2F2O2/c1-18(2)16(19(18,20)21)17(24)25-10-12-8-9-13(22)14(15(12)23)11-6-4-3-5-7-11/h3-9,16H,10H2,1-2H3. The third-order valence-corrected chi connectivity index (χ3v) is 6.11. The summed E-state index contributed by atoms with van der Waals surface area (Å²) in [5.74, 6) is -2.71. The van der Waals surface area contributed by atoms with Crippen molar-refractivity contribution in [3.05, 3.63) is 59.7 Å². The molecule has 0 aliphatic heterocycles. The lowest BCUT2D eigenvalue weighted by atomic mass is 10.0. The van der Waals surface area contributed by atoms with Gasteiger partial charge in [0, 0.05) is 11.0 Å². The molecule has 3 rings (SSSR count). The van der Waals surface area contributed by atoms with Crippen LogP contribution in [0.4, 0.5) is 8.78 Å². The molecule has 1 saturated carbocycles. The van der Waals surface area contributed by atoms with Crippen molar-refractivity contribution in [1.29, 1.82) is 0 Å². The second-order valence-corrected chi connectivity index (χ2v) is 8.03. The number of rotatable bonds is 4. The van der Waals surface area contributed by atoms with Gasteiger partial charge in [-0.2, -0.15) is 0 Å². The maximum absolute atomic E-state index is 14.7. The first-order valence-corrected chi connectivity index (χ1v) is 8.50. The third-order valence-electron chi connectivity index (χ3n) is 4.70. The lowest BCUT2D eigenvalue weighted by molar-refractivity contribution is -0.147. The van der Waals surface area contributed by atoms with E-state index in [-0.39, 0.29) is 17.7 Å². The molecular formula is C19H16Cl2F2O2. The lowest BCUT2D eigenvalue weighted by Gasteiger charge is -2.11. The Morgan fingerprint density at radius 1 is 1.12 bits per heavy atom. The monoisotopic (exact) mass is 384 g/mol. The minimum atomic E-state index is -1.19. The van der Waals surface area contributed by atoms with Crippen molar-refractivity contribution in [2.24, 2.45) is 11.3 Å². The predicted octanol–water partition coefficient (Wildman–Crippen LogP) is 5.50. The van der Waals surface area contributed by atoms with Gasteiger partial charge in [0.05, 0.1) is 11.5 Å². The van der Waals surface area contributed by atoms with E-state index in [0.29, 0.717) is 5.56 Å². The number of halogens is 4. The Morgan fingerprint density at radius 2 is 1.72 bits per heavy atom. The van der Waals surface area contributed by atoms with Gasteiger partial charge in [0.15, 0.2) is 0 Å². The van der Waals surface area contributed by atoms with Crippen LogP contribution in [0, 0.1) is 23.0 Å². The van der Waals surface area contributed by atoms with Gasteiger partial charge in [-0.1, -0.05) is 44.2 Å². The fourth-order valence-corrected chi connectivity index (χ4v) is 3.74. The fraction of sp³-hybridized carbons (Fsp3) is 0.316. The number of hydrogen-bond donors (Lipinski definition) is 0. The molecule has 1 atom stereocenters. The van der Waals surface area contributed by atoms with Crippen LogP contribution in [-0.4, -0.2) is 10.3 Å². The second kappa shape index (κ2) is 6.26. The van der Waals surface area contributed by atoms with Crippen LogP contribution in [0.15, 0.2) is 42.5 Å². The molecule has 132 valence electrons. The van der Waals surface area contributed by atoms with Crippen molar-refractivity contribution >= 4 is 29.2 Å². The van der Waals surface area contributed by atoms with Gasteiger partial charge in [0.2, 0.25) is 0 Å². The van der Waals surface area contributed by atoms with Gasteiger partial charge in [-0.15, -0.1) is 23.2 Å². The van der Waals surface area contributed by atoms with Gasteiger partial charge < -0.3 is 4.74 Å². The van der Waals surface area contributed by atoms with Crippen LogP contribution in [0.2, 0.25) is 0 Å². The van der Waals surface area contributed by atoms with Crippen LogP contribution in [-0.2, 0) is 16.1 Å². The zero-order valence-electron chi connectivity index (χ0n) is 13.7. The molecule has 0 heterocycles. The normalized spacial score (nSPS) is 20.2. The number of carbonyl (C=O) groups is 1. The van der Waals surface area contributed by atoms with Crippen molar-refractivity contribution in [3.8, 4) is 11.1 Å². The van der Waals surface area contributed by atoms with E-state index in [4.69, 9.17) is 27.9 Å². The van der Waals surface area contributed by atoms with E-state index in [0.717, 1.165) is 6.07 Å².